The van der Waals surface area contributed by atoms with Crippen LogP contribution in [0.15, 0.2) is 28.9 Å². The molecule has 0 unspecified atom stereocenters. The summed E-state index contributed by atoms with van der Waals surface area (Å²) in [6.45, 7) is 2.45. The highest BCUT2D eigenvalue weighted by molar-refractivity contribution is 7.92. The summed E-state index contributed by atoms with van der Waals surface area (Å²) >= 11 is 1.12. The molecule has 0 atom stereocenters. The Morgan fingerprint density at radius 2 is 2.19 bits per heavy atom. The number of aromatic nitrogens is 4. The molecule has 0 aliphatic rings. The van der Waals surface area contributed by atoms with Crippen LogP contribution in [0, 0.1) is 0 Å². The molecule has 21 heavy (non-hydrogen) atoms. The first-order valence-corrected chi connectivity index (χ1v) is 8.72. The third-order valence-electron chi connectivity index (χ3n) is 2.97. The molecule has 2 N–H and O–H groups in total. The number of nitrogen functional groups attached to an aromatic ring is 1. The molecule has 3 aromatic rings. The molecule has 0 saturated carbocycles. The lowest BCUT2D eigenvalue weighted by Crippen LogP contribution is -2.11. The zero-order valence-corrected chi connectivity index (χ0v) is 12.9. The second-order valence-corrected chi connectivity index (χ2v) is 7.65. The maximum atomic E-state index is 12.5. The van der Waals surface area contributed by atoms with E-state index >= 15 is 0 Å². The van der Waals surface area contributed by atoms with Crippen molar-refractivity contribution in [3.8, 4) is 0 Å². The maximum Gasteiger partial charge on any atom is 0.212 e. The summed E-state index contributed by atoms with van der Waals surface area (Å²) in [5.41, 5.74) is 6.91. The standard InChI is InChI=1S/C12H13N5O2S2/c1-2-17-11(14-7-15-17)6-21(18,19)12-16-9-4-3-8(13)5-10(9)20-12/h3-5,7H,2,6,13H2,1H3. The van der Waals surface area contributed by atoms with Crippen molar-refractivity contribution in [2.75, 3.05) is 5.73 Å². The number of benzene rings is 1. The average Bonchev–Trinajstić information content (AvgIpc) is 3.04. The van der Waals surface area contributed by atoms with E-state index in [0.29, 0.717) is 23.6 Å². The first-order valence-electron chi connectivity index (χ1n) is 6.25. The Hall–Kier alpha value is -2.00. The smallest absolute Gasteiger partial charge is 0.212 e. The minimum Gasteiger partial charge on any atom is -0.399 e. The lowest BCUT2D eigenvalue weighted by Gasteiger charge is -2.02. The van der Waals surface area contributed by atoms with Crippen LogP contribution >= 0.6 is 11.3 Å². The summed E-state index contributed by atoms with van der Waals surface area (Å²) in [6, 6.07) is 5.14. The van der Waals surface area contributed by atoms with Gasteiger partial charge in [0.2, 0.25) is 14.2 Å². The SMILES string of the molecule is CCn1ncnc1CS(=O)(=O)c1nc2ccc(N)cc2s1. The van der Waals surface area contributed by atoms with Crippen molar-refractivity contribution in [1.82, 2.24) is 19.7 Å². The molecule has 9 heteroatoms. The van der Waals surface area contributed by atoms with Gasteiger partial charge in [-0.2, -0.15) is 5.10 Å². The number of sulfone groups is 1. The number of hydrogen-bond donors (Lipinski definition) is 1. The summed E-state index contributed by atoms with van der Waals surface area (Å²) in [5.74, 6) is 0.201. The Kier molecular flexibility index (Phi) is 3.38. The van der Waals surface area contributed by atoms with Crippen molar-refractivity contribution < 1.29 is 8.42 Å². The molecule has 2 aromatic heterocycles. The number of nitrogens with two attached hydrogens (primary N) is 1. The largest absolute Gasteiger partial charge is 0.399 e. The van der Waals surface area contributed by atoms with Gasteiger partial charge in [0, 0.05) is 12.2 Å². The summed E-state index contributed by atoms with van der Waals surface area (Å²) in [7, 11) is -3.55. The van der Waals surface area contributed by atoms with E-state index in [2.05, 4.69) is 15.1 Å². The molecule has 2 heterocycles. The molecule has 1 aromatic carbocycles. The fraction of sp³-hybridized carbons (Fsp3) is 0.250. The molecular formula is C12H13N5O2S2. The van der Waals surface area contributed by atoms with E-state index in [9.17, 15) is 8.42 Å². The van der Waals surface area contributed by atoms with E-state index in [4.69, 9.17) is 5.73 Å². The van der Waals surface area contributed by atoms with Gasteiger partial charge in [-0.05, 0) is 25.1 Å². The zero-order valence-electron chi connectivity index (χ0n) is 11.2. The molecule has 0 aliphatic heterocycles. The Morgan fingerprint density at radius 3 is 2.95 bits per heavy atom. The Balaban J connectivity index is 2.00. The van der Waals surface area contributed by atoms with E-state index in [-0.39, 0.29) is 10.1 Å². The van der Waals surface area contributed by atoms with Crippen LogP contribution in [-0.4, -0.2) is 28.2 Å². The van der Waals surface area contributed by atoms with Gasteiger partial charge in [0.25, 0.3) is 0 Å². The summed E-state index contributed by atoms with van der Waals surface area (Å²) in [4.78, 5) is 8.17. The second-order valence-electron chi connectivity index (χ2n) is 4.46. The Labute approximate surface area is 125 Å². The highest BCUT2D eigenvalue weighted by Crippen LogP contribution is 2.28. The molecule has 0 amide bonds. The fourth-order valence-corrected chi connectivity index (χ4v) is 4.57. The molecule has 0 bridgehead atoms. The monoisotopic (exact) mass is 323 g/mol. The van der Waals surface area contributed by atoms with E-state index in [1.807, 2.05) is 6.92 Å². The summed E-state index contributed by atoms with van der Waals surface area (Å²) < 4.78 is 27.3. The normalized spacial score (nSPS) is 12.0. The van der Waals surface area contributed by atoms with Crippen LogP contribution in [0.3, 0.4) is 0 Å². The highest BCUT2D eigenvalue weighted by Gasteiger charge is 2.23. The van der Waals surface area contributed by atoms with Crippen molar-refractivity contribution in [2.24, 2.45) is 0 Å². The third-order valence-corrected chi connectivity index (χ3v) is 6.06. The number of fused-ring (bicyclic) bond motifs is 1. The van der Waals surface area contributed by atoms with Crippen molar-refractivity contribution in [3.05, 3.63) is 30.4 Å². The van der Waals surface area contributed by atoms with Crippen molar-refractivity contribution in [3.63, 3.8) is 0 Å². The second kappa shape index (κ2) is 5.08. The van der Waals surface area contributed by atoms with Crippen LogP contribution in [0.4, 0.5) is 5.69 Å². The molecule has 0 saturated heterocycles. The van der Waals surface area contributed by atoms with Crippen molar-refractivity contribution in [2.45, 2.75) is 23.6 Å². The van der Waals surface area contributed by atoms with Gasteiger partial charge in [-0.15, -0.1) is 11.3 Å². The molecule has 110 valence electrons. The van der Waals surface area contributed by atoms with E-state index in [1.165, 1.54) is 6.33 Å². The first kappa shape index (κ1) is 14.0. The van der Waals surface area contributed by atoms with Crippen LogP contribution in [0.2, 0.25) is 0 Å². The van der Waals surface area contributed by atoms with Gasteiger partial charge in [0.05, 0.1) is 10.2 Å². The molecular weight excluding hydrogens is 310 g/mol. The minimum atomic E-state index is -3.55. The Bertz CT molecular complexity index is 897. The van der Waals surface area contributed by atoms with Crippen molar-refractivity contribution >= 4 is 37.1 Å². The van der Waals surface area contributed by atoms with Crippen LogP contribution in [-0.2, 0) is 22.1 Å². The van der Waals surface area contributed by atoms with Crippen LogP contribution < -0.4 is 5.73 Å². The third kappa shape index (κ3) is 2.61. The highest BCUT2D eigenvalue weighted by atomic mass is 32.2. The van der Waals surface area contributed by atoms with E-state index in [1.54, 1.807) is 22.9 Å². The van der Waals surface area contributed by atoms with E-state index in [0.717, 1.165) is 16.0 Å². The quantitative estimate of drug-likeness (QED) is 0.729. The molecule has 3 rings (SSSR count). The molecule has 7 nitrogen and oxygen atoms in total. The number of aryl methyl sites for hydroxylation is 1. The molecule has 0 fully saturated rings. The van der Waals surface area contributed by atoms with Gasteiger partial charge in [0.1, 0.15) is 17.9 Å². The predicted molar refractivity (Wildman–Crippen MR) is 80.6 cm³/mol. The van der Waals surface area contributed by atoms with Crippen molar-refractivity contribution in [1.29, 1.82) is 0 Å². The number of rotatable bonds is 4. The number of hydrogen-bond acceptors (Lipinski definition) is 7. The predicted octanol–water partition coefficient (Wildman–Crippen LogP) is 1.46. The van der Waals surface area contributed by atoms with Crippen LogP contribution in [0.25, 0.3) is 10.2 Å². The van der Waals surface area contributed by atoms with Crippen LogP contribution in [0.5, 0.6) is 0 Å². The van der Waals surface area contributed by atoms with Gasteiger partial charge in [0.15, 0.2) is 0 Å². The van der Waals surface area contributed by atoms with Gasteiger partial charge < -0.3 is 5.73 Å². The molecule has 0 aliphatic carbocycles. The Morgan fingerprint density at radius 1 is 1.38 bits per heavy atom. The summed E-state index contributed by atoms with van der Waals surface area (Å²) in [5, 5.41) is 3.97. The lowest BCUT2D eigenvalue weighted by molar-refractivity contribution is 0.583. The van der Waals surface area contributed by atoms with Gasteiger partial charge in [-0.25, -0.2) is 23.1 Å². The molecule has 0 spiro atoms. The van der Waals surface area contributed by atoms with Gasteiger partial charge >= 0.3 is 0 Å². The maximum absolute atomic E-state index is 12.5. The first-order chi connectivity index (χ1) is 9.99. The lowest BCUT2D eigenvalue weighted by atomic mass is 10.3. The minimum absolute atomic E-state index is 0.0775. The van der Waals surface area contributed by atoms with Crippen LogP contribution in [0.1, 0.15) is 12.7 Å². The molecule has 0 radical (unpaired) electrons. The number of thiazole rings is 1. The number of nitrogens with zero attached hydrogens (tertiary/aromatic N) is 4. The van der Waals surface area contributed by atoms with Gasteiger partial charge in [-0.1, -0.05) is 0 Å². The fourth-order valence-electron chi connectivity index (χ4n) is 1.95. The topological polar surface area (TPSA) is 104 Å². The van der Waals surface area contributed by atoms with Gasteiger partial charge in [-0.3, -0.25) is 0 Å². The summed E-state index contributed by atoms with van der Waals surface area (Å²) in [6.07, 6.45) is 1.35. The zero-order chi connectivity index (χ0) is 15.0. The average molecular weight is 323 g/mol. The number of anilines is 1. The van der Waals surface area contributed by atoms with E-state index < -0.39 is 9.84 Å².